The van der Waals surface area contributed by atoms with Gasteiger partial charge in [0.25, 0.3) is 0 Å². The Morgan fingerprint density at radius 3 is 2.54 bits per heavy atom. The van der Waals surface area contributed by atoms with Crippen LogP contribution >= 0.6 is 0 Å². The molecule has 0 saturated heterocycles. The van der Waals surface area contributed by atoms with Crippen LogP contribution in [0.5, 0.6) is 0 Å². The number of hydrogen-bond acceptors (Lipinski definition) is 2. The minimum Gasteiger partial charge on any atom is -0.356 e. The number of nitrogens with zero attached hydrogens (tertiary/aromatic N) is 3. The molecule has 0 aliphatic rings. The van der Waals surface area contributed by atoms with Gasteiger partial charge in [0.05, 0.1) is 13.0 Å². The molecule has 130 valence electrons. The first-order valence-corrected chi connectivity index (χ1v) is 7.53. The van der Waals surface area contributed by atoms with Gasteiger partial charge in [0, 0.05) is 32.5 Å². The van der Waals surface area contributed by atoms with Gasteiger partial charge in [-0.3, -0.25) is 9.67 Å². The normalized spacial score (nSPS) is 12.2. The lowest BCUT2D eigenvalue weighted by Crippen LogP contribution is -2.38. The predicted octanol–water partition coefficient (Wildman–Crippen LogP) is 2.55. The minimum atomic E-state index is -4.18. The summed E-state index contributed by atoms with van der Waals surface area (Å²) in [5.74, 6) is 0.341. The quantitative estimate of drug-likeness (QED) is 0.628. The Kier molecular flexibility index (Phi) is 6.22. The van der Waals surface area contributed by atoms with E-state index in [1.165, 1.54) is 7.05 Å². The third kappa shape index (κ3) is 5.94. The van der Waals surface area contributed by atoms with Gasteiger partial charge in [0.1, 0.15) is 0 Å². The SMILES string of the molecule is CN=C(NCCC(F)(F)F)NCc1ccccc1Cn1cccn1. The van der Waals surface area contributed by atoms with Crippen molar-refractivity contribution in [1.82, 2.24) is 20.4 Å². The van der Waals surface area contributed by atoms with E-state index in [9.17, 15) is 13.2 Å². The van der Waals surface area contributed by atoms with Crippen LogP contribution in [0.25, 0.3) is 0 Å². The summed E-state index contributed by atoms with van der Waals surface area (Å²) >= 11 is 0. The molecule has 0 fully saturated rings. The average Bonchev–Trinajstić information content (AvgIpc) is 3.04. The molecule has 5 nitrogen and oxygen atoms in total. The number of aliphatic imine (C=N–C) groups is 1. The highest BCUT2D eigenvalue weighted by atomic mass is 19.4. The molecule has 2 aromatic rings. The van der Waals surface area contributed by atoms with Gasteiger partial charge in [-0.2, -0.15) is 18.3 Å². The fourth-order valence-corrected chi connectivity index (χ4v) is 2.17. The van der Waals surface area contributed by atoms with Crippen LogP contribution < -0.4 is 10.6 Å². The molecule has 1 aromatic heterocycles. The zero-order valence-corrected chi connectivity index (χ0v) is 13.3. The van der Waals surface area contributed by atoms with Crippen LogP contribution in [0.2, 0.25) is 0 Å². The van der Waals surface area contributed by atoms with Crippen molar-refractivity contribution < 1.29 is 13.2 Å². The summed E-state index contributed by atoms with van der Waals surface area (Å²) in [7, 11) is 1.53. The topological polar surface area (TPSA) is 54.2 Å². The van der Waals surface area contributed by atoms with Crippen molar-refractivity contribution in [3.8, 4) is 0 Å². The van der Waals surface area contributed by atoms with Crippen molar-refractivity contribution in [2.24, 2.45) is 4.99 Å². The third-order valence-corrected chi connectivity index (χ3v) is 3.38. The maximum atomic E-state index is 12.2. The second kappa shape index (κ2) is 8.37. The van der Waals surface area contributed by atoms with Gasteiger partial charge in [-0.05, 0) is 17.2 Å². The molecule has 8 heteroatoms. The number of benzene rings is 1. The molecular weight excluding hydrogens is 319 g/mol. The Morgan fingerprint density at radius 1 is 1.17 bits per heavy atom. The second-order valence-corrected chi connectivity index (χ2v) is 5.19. The highest BCUT2D eigenvalue weighted by Gasteiger charge is 2.26. The molecule has 2 N–H and O–H groups in total. The standard InChI is InChI=1S/C16H20F3N5/c1-20-15(21-9-7-16(17,18)19)22-11-13-5-2-3-6-14(13)12-24-10-4-8-23-24/h2-6,8,10H,7,9,11-12H2,1H3,(H2,20,21,22). The summed E-state index contributed by atoms with van der Waals surface area (Å²) in [4.78, 5) is 3.94. The monoisotopic (exact) mass is 339 g/mol. The lowest BCUT2D eigenvalue weighted by atomic mass is 10.1. The van der Waals surface area contributed by atoms with Gasteiger partial charge in [-0.1, -0.05) is 24.3 Å². The van der Waals surface area contributed by atoms with Crippen molar-refractivity contribution >= 4 is 5.96 Å². The van der Waals surface area contributed by atoms with E-state index in [2.05, 4.69) is 20.7 Å². The number of alkyl halides is 3. The number of hydrogen-bond donors (Lipinski definition) is 2. The van der Waals surface area contributed by atoms with Crippen LogP contribution in [0.1, 0.15) is 17.5 Å². The van der Waals surface area contributed by atoms with E-state index < -0.39 is 12.6 Å². The molecule has 24 heavy (non-hydrogen) atoms. The first-order chi connectivity index (χ1) is 11.5. The van der Waals surface area contributed by atoms with Gasteiger partial charge < -0.3 is 10.6 Å². The van der Waals surface area contributed by atoms with Crippen LogP contribution in [0, 0.1) is 0 Å². The van der Waals surface area contributed by atoms with Gasteiger partial charge >= 0.3 is 6.18 Å². The lowest BCUT2D eigenvalue weighted by Gasteiger charge is -2.15. The van der Waals surface area contributed by atoms with Gasteiger partial charge in [-0.15, -0.1) is 0 Å². The molecule has 0 aliphatic carbocycles. The van der Waals surface area contributed by atoms with E-state index >= 15 is 0 Å². The number of aromatic nitrogens is 2. The molecule has 0 amide bonds. The van der Waals surface area contributed by atoms with Crippen molar-refractivity contribution in [2.45, 2.75) is 25.7 Å². The molecule has 0 aliphatic heterocycles. The highest BCUT2D eigenvalue weighted by Crippen LogP contribution is 2.18. The summed E-state index contributed by atoms with van der Waals surface area (Å²) < 4.78 is 38.4. The number of rotatable bonds is 6. The third-order valence-electron chi connectivity index (χ3n) is 3.38. The van der Waals surface area contributed by atoms with Crippen LogP contribution in [-0.4, -0.2) is 35.5 Å². The Bertz CT molecular complexity index is 650. The summed E-state index contributed by atoms with van der Waals surface area (Å²) in [6.07, 6.45) is -1.49. The zero-order valence-electron chi connectivity index (χ0n) is 13.3. The van der Waals surface area contributed by atoms with Crippen LogP contribution in [-0.2, 0) is 13.1 Å². The summed E-state index contributed by atoms with van der Waals surface area (Å²) in [6, 6.07) is 9.68. The molecule has 0 bridgehead atoms. The maximum Gasteiger partial charge on any atom is 0.390 e. The van der Waals surface area contributed by atoms with E-state index in [1.807, 2.05) is 41.2 Å². The second-order valence-electron chi connectivity index (χ2n) is 5.19. The van der Waals surface area contributed by atoms with Gasteiger partial charge in [-0.25, -0.2) is 0 Å². The molecule has 0 saturated carbocycles. The molecule has 0 spiro atoms. The van der Waals surface area contributed by atoms with Crippen molar-refractivity contribution in [3.05, 3.63) is 53.9 Å². The summed E-state index contributed by atoms with van der Waals surface area (Å²) in [5, 5.41) is 9.88. The maximum absolute atomic E-state index is 12.2. The fraction of sp³-hybridized carbons (Fsp3) is 0.375. The molecular formula is C16H20F3N5. The largest absolute Gasteiger partial charge is 0.390 e. The molecule has 1 heterocycles. The minimum absolute atomic E-state index is 0.210. The molecule has 0 atom stereocenters. The Labute approximate surface area is 138 Å². The number of guanidine groups is 1. The molecule has 2 rings (SSSR count). The van der Waals surface area contributed by atoms with Crippen LogP contribution in [0.4, 0.5) is 13.2 Å². The van der Waals surface area contributed by atoms with Crippen LogP contribution in [0.15, 0.2) is 47.7 Å². The van der Waals surface area contributed by atoms with Crippen molar-refractivity contribution in [3.63, 3.8) is 0 Å². The highest BCUT2D eigenvalue weighted by molar-refractivity contribution is 5.79. The molecule has 0 radical (unpaired) electrons. The van der Waals surface area contributed by atoms with Crippen molar-refractivity contribution in [2.75, 3.05) is 13.6 Å². The van der Waals surface area contributed by atoms with E-state index in [0.29, 0.717) is 19.0 Å². The Balaban J connectivity index is 1.91. The number of halogens is 3. The molecule has 0 unspecified atom stereocenters. The van der Waals surface area contributed by atoms with Crippen LogP contribution in [0.3, 0.4) is 0 Å². The average molecular weight is 339 g/mol. The fourth-order valence-electron chi connectivity index (χ4n) is 2.17. The van der Waals surface area contributed by atoms with E-state index in [1.54, 1.807) is 6.20 Å². The van der Waals surface area contributed by atoms with E-state index in [-0.39, 0.29) is 6.54 Å². The molecule has 1 aromatic carbocycles. The van der Waals surface area contributed by atoms with Gasteiger partial charge in [0.15, 0.2) is 5.96 Å². The Morgan fingerprint density at radius 2 is 1.92 bits per heavy atom. The zero-order chi connectivity index (χ0) is 17.4. The number of nitrogens with one attached hydrogen (secondary N) is 2. The first-order valence-electron chi connectivity index (χ1n) is 7.53. The predicted molar refractivity (Wildman–Crippen MR) is 86.6 cm³/mol. The lowest BCUT2D eigenvalue weighted by molar-refractivity contribution is -0.132. The smallest absolute Gasteiger partial charge is 0.356 e. The first kappa shape index (κ1) is 17.8. The van der Waals surface area contributed by atoms with Crippen molar-refractivity contribution in [1.29, 1.82) is 0 Å². The van der Waals surface area contributed by atoms with Gasteiger partial charge in [0.2, 0.25) is 0 Å². The summed E-state index contributed by atoms with van der Waals surface area (Å²) in [6.45, 7) is 0.881. The van der Waals surface area contributed by atoms with E-state index in [0.717, 1.165) is 11.1 Å². The Hall–Kier alpha value is -2.51. The summed E-state index contributed by atoms with van der Waals surface area (Å²) in [5.41, 5.74) is 2.12. The van der Waals surface area contributed by atoms with E-state index in [4.69, 9.17) is 0 Å².